The van der Waals surface area contributed by atoms with Crippen LogP contribution < -0.4 is 0 Å². The van der Waals surface area contributed by atoms with E-state index in [-0.39, 0.29) is 0 Å². The molecule has 0 amide bonds. The summed E-state index contributed by atoms with van der Waals surface area (Å²) in [5.74, 6) is 1.10. The predicted octanol–water partition coefficient (Wildman–Crippen LogP) is 2.89. The third-order valence-corrected chi connectivity index (χ3v) is 3.51. The van der Waals surface area contributed by atoms with Crippen molar-refractivity contribution < 1.29 is 4.21 Å². The van der Waals surface area contributed by atoms with Crippen molar-refractivity contribution in [3.05, 3.63) is 34.9 Å². The van der Waals surface area contributed by atoms with E-state index in [0.29, 0.717) is 29.4 Å². The summed E-state index contributed by atoms with van der Waals surface area (Å²) in [7, 11) is -0.891. The van der Waals surface area contributed by atoms with E-state index in [1.165, 1.54) is 0 Å². The average Bonchev–Trinajstić information content (AvgIpc) is 2.18. The lowest BCUT2D eigenvalue weighted by Gasteiger charge is -2.01. The summed E-state index contributed by atoms with van der Waals surface area (Å²) in [5.41, 5.74) is 0.984. The molecule has 0 spiro atoms. The molecule has 0 unspecified atom stereocenters. The Kier molecular flexibility index (Phi) is 5.38. The second-order valence-electron chi connectivity index (χ2n) is 3.18. The quantitative estimate of drug-likeness (QED) is 0.744. The zero-order valence-electron chi connectivity index (χ0n) is 8.28. The fraction of sp³-hybridized carbons (Fsp3) is 0.364. The van der Waals surface area contributed by atoms with E-state index in [1.54, 1.807) is 6.07 Å². The zero-order chi connectivity index (χ0) is 11.1. The number of unbranched alkanes of at least 4 members (excludes halogenated alkanes) is 1. The van der Waals surface area contributed by atoms with Gasteiger partial charge in [0.05, 0.1) is 6.07 Å². The molecular weight excluding hydrogens is 230 g/mol. The highest BCUT2D eigenvalue weighted by Crippen LogP contribution is 2.12. The van der Waals surface area contributed by atoms with Gasteiger partial charge in [-0.15, -0.1) is 0 Å². The van der Waals surface area contributed by atoms with Crippen molar-refractivity contribution in [3.63, 3.8) is 0 Å². The molecular formula is C11H12ClNOS. The maximum absolute atomic E-state index is 11.6. The van der Waals surface area contributed by atoms with E-state index in [2.05, 4.69) is 0 Å². The Morgan fingerprint density at radius 1 is 1.47 bits per heavy atom. The molecule has 0 heterocycles. The van der Waals surface area contributed by atoms with Gasteiger partial charge in [0.2, 0.25) is 0 Å². The number of nitrogens with zero attached hydrogens (tertiary/aromatic N) is 1. The Morgan fingerprint density at radius 3 is 2.93 bits per heavy atom. The van der Waals surface area contributed by atoms with Crippen molar-refractivity contribution in [1.29, 1.82) is 5.26 Å². The molecule has 0 aliphatic rings. The van der Waals surface area contributed by atoms with Crippen LogP contribution in [0.3, 0.4) is 0 Å². The molecule has 1 aromatic carbocycles. The van der Waals surface area contributed by atoms with Crippen molar-refractivity contribution in [2.45, 2.75) is 18.6 Å². The van der Waals surface area contributed by atoms with E-state index in [4.69, 9.17) is 16.9 Å². The first-order valence-corrected chi connectivity index (χ1v) is 6.55. The van der Waals surface area contributed by atoms with Crippen molar-refractivity contribution in [2.75, 3.05) is 5.75 Å². The topological polar surface area (TPSA) is 40.9 Å². The minimum atomic E-state index is -0.891. The van der Waals surface area contributed by atoms with Gasteiger partial charge in [-0.05, 0) is 24.1 Å². The lowest BCUT2D eigenvalue weighted by atomic mass is 10.2. The monoisotopic (exact) mass is 241 g/mol. The van der Waals surface area contributed by atoms with Gasteiger partial charge < -0.3 is 0 Å². The van der Waals surface area contributed by atoms with E-state index >= 15 is 0 Å². The first-order chi connectivity index (χ1) is 7.22. The lowest BCUT2D eigenvalue weighted by molar-refractivity contribution is 0.680. The molecule has 1 atom stereocenters. The summed E-state index contributed by atoms with van der Waals surface area (Å²) >= 11 is 5.81. The molecule has 1 rings (SSSR count). The van der Waals surface area contributed by atoms with E-state index in [0.717, 1.165) is 5.56 Å². The van der Waals surface area contributed by atoms with Gasteiger partial charge in [0.15, 0.2) is 0 Å². The Balaban J connectivity index is 2.42. The predicted molar refractivity (Wildman–Crippen MR) is 63.0 cm³/mol. The number of rotatable bonds is 5. The minimum absolute atomic E-state index is 0.473. The Hall–Kier alpha value is -0.850. The molecule has 80 valence electrons. The molecule has 1 aromatic rings. The van der Waals surface area contributed by atoms with Gasteiger partial charge in [-0.3, -0.25) is 4.21 Å². The van der Waals surface area contributed by atoms with Gasteiger partial charge in [-0.1, -0.05) is 23.7 Å². The highest BCUT2D eigenvalue weighted by molar-refractivity contribution is 7.84. The van der Waals surface area contributed by atoms with Crippen LogP contribution in [0, 0.1) is 11.3 Å². The van der Waals surface area contributed by atoms with Gasteiger partial charge in [0, 0.05) is 33.7 Å². The van der Waals surface area contributed by atoms with Crippen LogP contribution in [-0.2, 0) is 16.6 Å². The van der Waals surface area contributed by atoms with Crippen molar-refractivity contribution in [2.24, 2.45) is 0 Å². The molecule has 4 heteroatoms. The summed E-state index contributed by atoms with van der Waals surface area (Å²) in [5, 5.41) is 9.01. The number of benzene rings is 1. The van der Waals surface area contributed by atoms with Crippen LogP contribution in [0.1, 0.15) is 18.4 Å². The van der Waals surface area contributed by atoms with Gasteiger partial charge >= 0.3 is 0 Å². The molecule has 0 aliphatic heterocycles. The Bertz CT molecular complexity index is 386. The third kappa shape index (κ3) is 4.96. The van der Waals surface area contributed by atoms with Crippen molar-refractivity contribution in [1.82, 2.24) is 0 Å². The zero-order valence-corrected chi connectivity index (χ0v) is 9.85. The second kappa shape index (κ2) is 6.60. The highest BCUT2D eigenvalue weighted by Gasteiger charge is 2.02. The summed E-state index contributed by atoms with van der Waals surface area (Å²) < 4.78 is 11.6. The van der Waals surface area contributed by atoms with Crippen LogP contribution in [0.4, 0.5) is 0 Å². The fourth-order valence-corrected chi connectivity index (χ4v) is 2.57. The number of halogens is 1. The summed E-state index contributed by atoms with van der Waals surface area (Å²) in [6.07, 6.45) is 1.17. The van der Waals surface area contributed by atoms with Gasteiger partial charge in [0.25, 0.3) is 0 Å². The molecule has 0 radical (unpaired) electrons. The summed E-state index contributed by atoms with van der Waals surface area (Å²) in [4.78, 5) is 0. The average molecular weight is 242 g/mol. The molecule has 15 heavy (non-hydrogen) atoms. The summed E-state index contributed by atoms with van der Waals surface area (Å²) in [6, 6.07) is 9.42. The minimum Gasteiger partial charge on any atom is -0.259 e. The van der Waals surface area contributed by atoms with E-state index < -0.39 is 10.8 Å². The molecule has 0 aliphatic carbocycles. The first kappa shape index (κ1) is 12.2. The van der Waals surface area contributed by atoms with Gasteiger partial charge in [0.1, 0.15) is 0 Å². The fourth-order valence-electron chi connectivity index (χ4n) is 1.20. The molecule has 0 N–H and O–H groups in total. The molecule has 0 aromatic heterocycles. The Morgan fingerprint density at radius 2 is 2.27 bits per heavy atom. The van der Waals surface area contributed by atoms with Crippen LogP contribution in [0.2, 0.25) is 5.02 Å². The van der Waals surface area contributed by atoms with Crippen LogP contribution in [0.5, 0.6) is 0 Å². The van der Waals surface area contributed by atoms with Crippen LogP contribution in [0.15, 0.2) is 24.3 Å². The molecule has 0 fully saturated rings. The number of hydrogen-bond acceptors (Lipinski definition) is 2. The standard InChI is InChI=1S/C11H12ClNOS/c12-11-5-3-4-10(8-11)9-15(14)7-2-1-6-13/h3-5,8H,1-2,7,9H2/t15-/m1/s1. The maximum atomic E-state index is 11.6. The van der Waals surface area contributed by atoms with Gasteiger partial charge in [-0.2, -0.15) is 5.26 Å². The van der Waals surface area contributed by atoms with Gasteiger partial charge in [-0.25, -0.2) is 0 Å². The second-order valence-corrected chi connectivity index (χ2v) is 5.19. The molecule has 0 saturated carbocycles. The smallest absolute Gasteiger partial charge is 0.0622 e. The van der Waals surface area contributed by atoms with Crippen molar-refractivity contribution >= 4 is 22.4 Å². The molecule has 0 bridgehead atoms. The van der Waals surface area contributed by atoms with Crippen LogP contribution in [0.25, 0.3) is 0 Å². The number of nitriles is 1. The van der Waals surface area contributed by atoms with Crippen LogP contribution >= 0.6 is 11.6 Å². The maximum Gasteiger partial charge on any atom is 0.0622 e. The molecule has 2 nitrogen and oxygen atoms in total. The summed E-state index contributed by atoms with van der Waals surface area (Å²) in [6.45, 7) is 0. The third-order valence-electron chi connectivity index (χ3n) is 1.88. The SMILES string of the molecule is N#CCCC[S@@](=O)Cc1cccc(Cl)c1. The van der Waals surface area contributed by atoms with E-state index in [1.807, 2.05) is 24.3 Å². The lowest BCUT2D eigenvalue weighted by Crippen LogP contribution is -2.00. The largest absolute Gasteiger partial charge is 0.259 e. The highest BCUT2D eigenvalue weighted by atomic mass is 35.5. The normalized spacial score (nSPS) is 12.0. The van der Waals surface area contributed by atoms with Crippen molar-refractivity contribution in [3.8, 4) is 6.07 Å². The molecule has 0 saturated heterocycles. The van der Waals surface area contributed by atoms with Crippen LogP contribution in [-0.4, -0.2) is 9.96 Å². The number of hydrogen-bond donors (Lipinski definition) is 0. The van der Waals surface area contributed by atoms with E-state index in [9.17, 15) is 4.21 Å². The first-order valence-electron chi connectivity index (χ1n) is 4.69. The Labute approximate surface area is 97.3 Å².